The minimum atomic E-state index is -0.583. The van der Waals surface area contributed by atoms with Gasteiger partial charge in [0.1, 0.15) is 5.69 Å². The van der Waals surface area contributed by atoms with Crippen LogP contribution in [0.25, 0.3) is 0 Å². The molecule has 0 aliphatic carbocycles. The number of thioether (sulfide) groups is 1. The molecule has 1 rings (SSSR count). The van der Waals surface area contributed by atoms with Gasteiger partial charge in [0, 0.05) is 4.90 Å². The molecule has 0 aliphatic heterocycles. The van der Waals surface area contributed by atoms with Gasteiger partial charge in [0.2, 0.25) is 0 Å². The lowest BCUT2D eigenvalue weighted by Crippen LogP contribution is -2.07. The summed E-state index contributed by atoms with van der Waals surface area (Å²) in [6.45, 7) is 2.30. The second kappa shape index (κ2) is 8.27. The average molecular weight is 320 g/mol. The molecule has 0 atom stereocenters. The van der Waals surface area contributed by atoms with Gasteiger partial charge in [-0.25, -0.2) is 4.39 Å². The third kappa shape index (κ3) is 5.28. The van der Waals surface area contributed by atoms with Gasteiger partial charge >= 0.3 is 5.97 Å². The fraction of sp³-hybridized carbons (Fsp3) is 0.333. The maximum atomic E-state index is 13.4. The molecular weight excluding hydrogens is 309 g/mol. The van der Waals surface area contributed by atoms with Crippen LogP contribution in [0, 0.1) is 5.82 Å². The maximum Gasteiger partial charge on any atom is 0.316 e. The first-order chi connectivity index (χ1) is 9.08. The molecule has 1 aromatic rings. The van der Waals surface area contributed by atoms with E-state index in [1.807, 2.05) is 6.92 Å². The summed E-state index contributed by atoms with van der Waals surface area (Å²) < 4.78 is 18.3. The summed E-state index contributed by atoms with van der Waals surface area (Å²) in [6.07, 6.45) is 0.765. The molecule has 0 radical (unpaired) electrons. The summed E-state index contributed by atoms with van der Waals surface area (Å²) in [5.74, 6) is -0.820. The zero-order valence-corrected chi connectivity index (χ0v) is 12.5. The molecule has 0 N–H and O–H groups in total. The molecule has 102 valence electrons. The fourth-order valence-corrected chi connectivity index (χ4v) is 2.32. The van der Waals surface area contributed by atoms with Gasteiger partial charge < -0.3 is 4.74 Å². The number of carbonyl (C=O) groups excluding carboxylic acids is 1. The van der Waals surface area contributed by atoms with Gasteiger partial charge in [0.15, 0.2) is 5.82 Å². The second-order valence-electron chi connectivity index (χ2n) is 3.45. The van der Waals surface area contributed by atoms with Gasteiger partial charge in [0.05, 0.1) is 22.5 Å². The Morgan fingerprint density at radius 1 is 1.63 bits per heavy atom. The first-order valence-electron chi connectivity index (χ1n) is 5.43. The summed E-state index contributed by atoms with van der Waals surface area (Å²) in [5.41, 5.74) is 0.0452. The van der Waals surface area contributed by atoms with Crippen LogP contribution in [0.15, 0.2) is 22.0 Å². The lowest BCUT2D eigenvalue weighted by Gasteiger charge is -2.06. The van der Waals surface area contributed by atoms with E-state index in [-0.39, 0.29) is 22.4 Å². The van der Waals surface area contributed by atoms with E-state index in [0.29, 0.717) is 11.5 Å². The van der Waals surface area contributed by atoms with Crippen molar-refractivity contribution >= 4 is 52.4 Å². The number of benzene rings is 1. The van der Waals surface area contributed by atoms with Crippen molar-refractivity contribution in [1.29, 1.82) is 0 Å². The molecule has 0 spiro atoms. The van der Waals surface area contributed by atoms with E-state index in [1.165, 1.54) is 6.07 Å². The highest BCUT2D eigenvalue weighted by Crippen LogP contribution is 2.33. The number of thiocarbonyl (C=S) groups is 1. The van der Waals surface area contributed by atoms with Crippen molar-refractivity contribution in [2.45, 2.75) is 18.2 Å². The largest absolute Gasteiger partial charge is 0.465 e. The highest BCUT2D eigenvalue weighted by molar-refractivity contribution is 8.00. The van der Waals surface area contributed by atoms with Gasteiger partial charge in [-0.15, -0.1) is 11.8 Å². The van der Waals surface area contributed by atoms with E-state index in [1.54, 1.807) is 0 Å². The number of hydrogen-bond acceptors (Lipinski definition) is 5. The SMILES string of the molecule is CCCOC(=O)CSc1cc(N=C=S)c(F)cc1Cl. The molecule has 0 amide bonds. The predicted octanol–water partition coefficient (Wildman–Crippen LogP) is 4.26. The first kappa shape index (κ1) is 16.1. The molecule has 1 aromatic carbocycles. The lowest BCUT2D eigenvalue weighted by atomic mass is 10.3. The monoisotopic (exact) mass is 319 g/mol. The summed E-state index contributed by atoms with van der Waals surface area (Å²) in [7, 11) is 0. The molecule has 0 saturated carbocycles. The minimum absolute atomic E-state index is 0.0452. The summed E-state index contributed by atoms with van der Waals surface area (Å²) >= 11 is 11.5. The highest BCUT2D eigenvalue weighted by atomic mass is 35.5. The third-order valence-corrected chi connectivity index (χ3v) is 3.52. The van der Waals surface area contributed by atoms with Crippen LogP contribution in [0.4, 0.5) is 10.1 Å². The Hall–Kier alpha value is -0.940. The molecule has 19 heavy (non-hydrogen) atoms. The number of carbonyl (C=O) groups is 1. The predicted molar refractivity (Wildman–Crippen MR) is 78.1 cm³/mol. The topological polar surface area (TPSA) is 38.7 Å². The Morgan fingerprint density at radius 2 is 2.37 bits per heavy atom. The van der Waals surface area contributed by atoms with Crippen LogP contribution in [0.2, 0.25) is 5.02 Å². The highest BCUT2D eigenvalue weighted by Gasteiger charge is 2.11. The Kier molecular flexibility index (Phi) is 7.02. The van der Waals surface area contributed by atoms with Crippen LogP contribution >= 0.6 is 35.6 Å². The Bertz CT molecular complexity index is 519. The molecule has 0 fully saturated rings. The number of isothiocyanates is 1. The quantitative estimate of drug-likeness (QED) is 0.340. The number of esters is 1. The van der Waals surface area contributed by atoms with Crippen molar-refractivity contribution in [2.75, 3.05) is 12.4 Å². The first-order valence-corrected chi connectivity index (χ1v) is 7.21. The fourth-order valence-electron chi connectivity index (χ4n) is 1.16. The smallest absolute Gasteiger partial charge is 0.316 e. The van der Waals surface area contributed by atoms with E-state index >= 15 is 0 Å². The number of aliphatic imine (C=N–C) groups is 1. The van der Waals surface area contributed by atoms with Crippen molar-refractivity contribution in [3.8, 4) is 0 Å². The third-order valence-electron chi connectivity index (χ3n) is 1.98. The van der Waals surface area contributed by atoms with Gasteiger partial charge in [0.25, 0.3) is 0 Å². The van der Waals surface area contributed by atoms with Crippen LogP contribution in [-0.4, -0.2) is 23.5 Å². The summed E-state index contributed by atoms with van der Waals surface area (Å²) in [4.78, 5) is 15.5. The Labute approximate surface area is 125 Å². The van der Waals surface area contributed by atoms with E-state index in [9.17, 15) is 9.18 Å². The van der Waals surface area contributed by atoms with Gasteiger partial charge in [-0.1, -0.05) is 18.5 Å². The molecule has 0 aliphatic rings. The van der Waals surface area contributed by atoms with Crippen molar-refractivity contribution < 1.29 is 13.9 Å². The maximum absolute atomic E-state index is 13.4. The standard InChI is InChI=1S/C12H11ClFNO2S2/c1-2-3-17-12(16)6-19-11-5-10(15-7-18)9(14)4-8(11)13/h4-5H,2-3,6H2,1H3. The number of halogens is 2. The molecule has 0 saturated heterocycles. The van der Waals surface area contributed by atoms with Crippen LogP contribution in [0.1, 0.15) is 13.3 Å². The second-order valence-corrected chi connectivity index (χ2v) is 5.05. The normalized spacial score (nSPS) is 9.84. The zero-order valence-electron chi connectivity index (χ0n) is 10.1. The molecule has 0 bridgehead atoms. The van der Waals surface area contributed by atoms with Gasteiger partial charge in [-0.05, 0) is 30.8 Å². The molecule has 0 aromatic heterocycles. The zero-order chi connectivity index (χ0) is 14.3. The van der Waals surface area contributed by atoms with Crippen molar-refractivity contribution in [3.63, 3.8) is 0 Å². The number of hydrogen-bond donors (Lipinski definition) is 0. The minimum Gasteiger partial charge on any atom is -0.465 e. The van der Waals surface area contributed by atoms with Crippen molar-refractivity contribution in [2.24, 2.45) is 4.99 Å². The summed E-state index contributed by atoms with van der Waals surface area (Å²) in [5, 5.41) is 2.31. The average Bonchev–Trinajstić information content (AvgIpc) is 2.38. The van der Waals surface area contributed by atoms with E-state index in [2.05, 4.69) is 22.4 Å². The Morgan fingerprint density at radius 3 is 3.00 bits per heavy atom. The Balaban J connectivity index is 2.75. The van der Waals surface area contributed by atoms with Crippen molar-refractivity contribution in [3.05, 3.63) is 23.0 Å². The van der Waals surface area contributed by atoms with E-state index in [0.717, 1.165) is 24.2 Å². The van der Waals surface area contributed by atoms with Crippen LogP contribution in [-0.2, 0) is 9.53 Å². The number of ether oxygens (including phenoxy) is 1. The molecule has 0 unspecified atom stereocenters. The number of nitrogens with zero attached hydrogens (tertiary/aromatic N) is 1. The van der Waals surface area contributed by atoms with Gasteiger partial charge in [-0.3, -0.25) is 4.79 Å². The molecular formula is C12H11ClFNO2S2. The van der Waals surface area contributed by atoms with Crippen molar-refractivity contribution in [1.82, 2.24) is 0 Å². The van der Waals surface area contributed by atoms with Gasteiger partial charge in [-0.2, -0.15) is 4.99 Å². The summed E-state index contributed by atoms with van der Waals surface area (Å²) in [6, 6.07) is 2.56. The van der Waals surface area contributed by atoms with Crippen LogP contribution in [0.5, 0.6) is 0 Å². The molecule has 3 nitrogen and oxygen atoms in total. The van der Waals surface area contributed by atoms with E-state index in [4.69, 9.17) is 16.3 Å². The van der Waals surface area contributed by atoms with Crippen LogP contribution in [0.3, 0.4) is 0 Å². The number of rotatable bonds is 6. The van der Waals surface area contributed by atoms with Crippen LogP contribution < -0.4 is 0 Å². The van der Waals surface area contributed by atoms with E-state index < -0.39 is 5.82 Å². The molecule has 7 heteroatoms. The molecule has 0 heterocycles. The lowest BCUT2D eigenvalue weighted by molar-refractivity contribution is -0.140.